The van der Waals surface area contributed by atoms with Gasteiger partial charge in [0.25, 0.3) is 0 Å². The van der Waals surface area contributed by atoms with Crippen LogP contribution < -0.4 is 0 Å². The quantitative estimate of drug-likeness (QED) is 0.812. The summed E-state index contributed by atoms with van der Waals surface area (Å²) in [5, 5.41) is 18.2. The van der Waals surface area contributed by atoms with E-state index in [1.165, 1.54) is 12.1 Å². The van der Waals surface area contributed by atoms with Crippen molar-refractivity contribution < 1.29 is 15.0 Å². The Morgan fingerprint density at radius 1 is 1.11 bits per heavy atom. The van der Waals surface area contributed by atoms with Gasteiger partial charge in [0, 0.05) is 6.21 Å². The summed E-state index contributed by atoms with van der Waals surface area (Å²) in [4.78, 5) is 15.0. The van der Waals surface area contributed by atoms with Gasteiger partial charge in [-0.15, -0.1) is 0 Å². The van der Waals surface area contributed by atoms with Gasteiger partial charge in [-0.2, -0.15) is 0 Å². The third-order valence-electron chi connectivity index (χ3n) is 2.37. The molecule has 0 spiro atoms. The van der Waals surface area contributed by atoms with E-state index in [1.54, 1.807) is 12.3 Å². The molecule has 0 amide bonds. The lowest BCUT2D eigenvalue weighted by molar-refractivity contribution is 0.0694. The number of nitrogens with zero attached hydrogens (tertiary/aromatic N) is 1. The number of hydrogen-bond acceptors (Lipinski definition) is 3. The highest BCUT2D eigenvalue weighted by molar-refractivity contribution is 5.92. The lowest BCUT2D eigenvalue weighted by atomic mass is 10.2. The van der Waals surface area contributed by atoms with Gasteiger partial charge < -0.3 is 10.2 Å². The van der Waals surface area contributed by atoms with Crippen LogP contribution in [0.25, 0.3) is 0 Å². The van der Waals surface area contributed by atoms with Crippen LogP contribution in [0.2, 0.25) is 0 Å². The summed E-state index contributed by atoms with van der Waals surface area (Å²) >= 11 is 0. The van der Waals surface area contributed by atoms with Crippen LogP contribution in [0.3, 0.4) is 0 Å². The molecule has 2 aromatic rings. The highest BCUT2D eigenvalue weighted by Gasteiger charge is 2.09. The molecule has 90 valence electrons. The van der Waals surface area contributed by atoms with Gasteiger partial charge in [0.05, 0.1) is 5.69 Å². The zero-order valence-corrected chi connectivity index (χ0v) is 9.45. The first kappa shape index (κ1) is 11.9. The number of benzene rings is 2. The van der Waals surface area contributed by atoms with Crippen LogP contribution in [0.15, 0.2) is 53.5 Å². The Labute approximate surface area is 104 Å². The van der Waals surface area contributed by atoms with Gasteiger partial charge in [-0.05, 0) is 23.8 Å². The van der Waals surface area contributed by atoms with Crippen LogP contribution in [0.4, 0.5) is 5.69 Å². The van der Waals surface area contributed by atoms with Crippen LogP contribution in [-0.2, 0) is 0 Å². The average Bonchev–Trinajstić information content (AvgIpc) is 2.38. The first-order valence-corrected chi connectivity index (χ1v) is 5.32. The Morgan fingerprint density at radius 3 is 2.50 bits per heavy atom. The van der Waals surface area contributed by atoms with E-state index >= 15 is 0 Å². The zero-order chi connectivity index (χ0) is 13.0. The van der Waals surface area contributed by atoms with Gasteiger partial charge in [0.2, 0.25) is 0 Å². The van der Waals surface area contributed by atoms with Gasteiger partial charge >= 0.3 is 5.97 Å². The fourth-order valence-electron chi connectivity index (χ4n) is 1.46. The maximum atomic E-state index is 10.8. The van der Waals surface area contributed by atoms with Crippen molar-refractivity contribution in [2.24, 2.45) is 4.99 Å². The fraction of sp³-hybridized carbons (Fsp3) is 0. The van der Waals surface area contributed by atoms with Gasteiger partial charge in [-0.3, -0.25) is 4.99 Å². The molecular formula is C14H11NO3. The zero-order valence-electron chi connectivity index (χ0n) is 9.45. The topological polar surface area (TPSA) is 69.9 Å². The van der Waals surface area contributed by atoms with Crippen molar-refractivity contribution in [3.8, 4) is 5.75 Å². The Bertz CT molecular complexity index is 591. The molecule has 4 nitrogen and oxygen atoms in total. The smallest absolute Gasteiger partial charge is 0.339 e. The summed E-state index contributed by atoms with van der Waals surface area (Å²) in [6, 6.07) is 13.7. The third kappa shape index (κ3) is 2.74. The first-order valence-electron chi connectivity index (χ1n) is 5.32. The van der Waals surface area contributed by atoms with Gasteiger partial charge in [0.1, 0.15) is 11.3 Å². The van der Waals surface area contributed by atoms with Gasteiger partial charge in [-0.25, -0.2) is 4.79 Å². The summed E-state index contributed by atoms with van der Waals surface area (Å²) in [6.07, 6.45) is 1.64. The molecule has 2 N–H and O–H groups in total. The van der Waals surface area contributed by atoms with Crippen LogP contribution in [-0.4, -0.2) is 22.4 Å². The second kappa shape index (κ2) is 5.14. The Hall–Kier alpha value is -2.62. The normalized spacial score (nSPS) is 10.7. The summed E-state index contributed by atoms with van der Waals surface area (Å²) in [7, 11) is 0. The predicted octanol–water partition coefficient (Wildman–Crippen LogP) is 2.84. The molecule has 0 atom stereocenters. The van der Waals surface area contributed by atoms with Crippen molar-refractivity contribution in [2.75, 3.05) is 0 Å². The number of rotatable bonds is 3. The van der Waals surface area contributed by atoms with Gasteiger partial charge in [0.15, 0.2) is 0 Å². The molecule has 0 aliphatic carbocycles. The number of carboxylic acid groups (broad SMARTS) is 1. The Kier molecular flexibility index (Phi) is 3.38. The van der Waals surface area contributed by atoms with Crippen molar-refractivity contribution in [2.45, 2.75) is 0 Å². The first-order chi connectivity index (χ1) is 8.66. The lowest BCUT2D eigenvalue weighted by Crippen LogP contribution is -1.95. The minimum atomic E-state index is -1.18. The van der Waals surface area contributed by atoms with E-state index in [-0.39, 0.29) is 11.3 Å². The highest BCUT2D eigenvalue weighted by atomic mass is 16.4. The number of aliphatic imine (C=N–C) groups is 1. The van der Waals surface area contributed by atoms with E-state index in [1.807, 2.05) is 30.3 Å². The van der Waals surface area contributed by atoms with E-state index in [0.717, 1.165) is 5.56 Å². The molecule has 2 aromatic carbocycles. The minimum absolute atomic E-state index is 0.155. The molecule has 18 heavy (non-hydrogen) atoms. The molecule has 0 fully saturated rings. The summed E-state index contributed by atoms with van der Waals surface area (Å²) < 4.78 is 0. The number of carboxylic acids is 1. The summed E-state index contributed by atoms with van der Waals surface area (Å²) in [5.74, 6) is -1.44. The molecule has 0 unspecified atom stereocenters. The predicted molar refractivity (Wildman–Crippen MR) is 68.8 cm³/mol. The van der Waals surface area contributed by atoms with Gasteiger partial charge in [-0.1, -0.05) is 30.3 Å². The van der Waals surface area contributed by atoms with Crippen molar-refractivity contribution in [3.05, 3.63) is 59.7 Å². The average molecular weight is 241 g/mol. The maximum absolute atomic E-state index is 10.8. The standard InChI is InChI=1S/C14H11NO3/c16-13-7-6-11(8-12(13)14(17)18)15-9-10-4-2-1-3-5-10/h1-9,16H,(H,17,18). The SMILES string of the molecule is O=C(O)c1cc(N=Cc2ccccc2)ccc1O. The Balaban J connectivity index is 2.28. The lowest BCUT2D eigenvalue weighted by Gasteiger charge is -2.00. The number of aromatic hydroxyl groups is 1. The molecule has 0 heterocycles. The summed E-state index contributed by atoms with van der Waals surface area (Å²) in [6.45, 7) is 0. The van der Waals surface area contributed by atoms with E-state index in [0.29, 0.717) is 5.69 Å². The van der Waals surface area contributed by atoms with E-state index in [9.17, 15) is 9.90 Å². The fourth-order valence-corrected chi connectivity index (χ4v) is 1.46. The van der Waals surface area contributed by atoms with Crippen molar-refractivity contribution in [1.82, 2.24) is 0 Å². The minimum Gasteiger partial charge on any atom is -0.507 e. The van der Waals surface area contributed by atoms with E-state index in [2.05, 4.69) is 4.99 Å². The molecule has 2 rings (SSSR count). The van der Waals surface area contributed by atoms with Crippen molar-refractivity contribution >= 4 is 17.9 Å². The second-order valence-electron chi connectivity index (χ2n) is 3.68. The van der Waals surface area contributed by atoms with Crippen LogP contribution in [0.1, 0.15) is 15.9 Å². The van der Waals surface area contributed by atoms with E-state index < -0.39 is 5.97 Å². The molecule has 0 saturated heterocycles. The molecule has 0 bridgehead atoms. The molecule has 0 radical (unpaired) electrons. The van der Waals surface area contributed by atoms with Crippen LogP contribution in [0, 0.1) is 0 Å². The molecule has 4 heteroatoms. The highest BCUT2D eigenvalue weighted by Crippen LogP contribution is 2.23. The Morgan fingerprint density at radius 2 is 1.83 bits per heavy atom. The molecule has 0 saturated carbocycles. The van der Waals surface area contributed by atoms with Crippen LogP contribution >= 0.6 is 0 Å². The number of phenols is 1. The molecule has 0 aliphatic rings. The molecule has 0 aliphatic heterocycles. The second-order valence-corrected chi connectivity index (χ2v) is 3.68. The number of hydrogen-bond donors (Lipinski definition) is 2. The van der Waals surface area contributed by atoms with E-state index in [4.69, 9.17) is 5.11 Å². The van der Waals surface area contributed by atoms with Crippen molar-refractivity contribution in [3.63, 3.8) is 0 Å². The number of aromatic carboxylic acids is 1. The summed E-state index contributed by atoms with van der Waals surface area (Å²) in [5.41, 5.74) is 1.24. The molecule has 0 aromatic heterocycles. The van der Waals surface area contributed by atoms with Crippen LogP contribution in [0.5, 0.6) is 5.75 Å². The monoisotopic (exact) mass is 241 g/mol. The molecular weight excluding hydrogens is 230 g/mol. The maximum Gasteiger partial charge on any atom is 0.339 e. The third-order valence-corrected chi connectivity index (χ3v) is 2.37. The van der Waals surface area contributed by atoms with Crippen molar-refractivity contribution in [1.29, 1.82) is 0 Å². The largest absolute Gasteiger partial charge is 0.507 e. The number of carbonyl (C=O) groups is 1.